The predicted octanol–water partition coefficient (Wildman–Crippen LogP) is 2.21. The number of phenols is 1. The van der Waals surface area contributed by atoms with E-state index in [1.807, 2.05) is 0 Å². The summed E-state index contributed by atoms with van der Waals surface area (Å²) in [6.07, 6.45) is 0. The van der Waals surface area contributed by atoms with Gasteiger partial charge in [-0.15, -0.1) is 0 Å². The standard InChI is InChI=1S/C6H5ClO.H3N/c7-5-3-1-2-4-6(5)8;/h1-4,8H;1H3. The minimum atomic E-state index is 0. The maximum Gasteiger partial charge on any atom is 0.134 e. The highest BCUT2D eigenvalue weighted by molar-refractivity contribution is 6.31. The van der Waals surface area contributed by atoms with E-state index >= 15 is 0 Å². The minimum Gasteiger partial charge on any atom is -0.506 e. The van der Waals surface area contributed by atoms with Gasteiger partial charge in [-0.2, -0.15) is 0 Å². The van der Waals surface area contributed by atoms with Crippen molar-refractivity contribution in [1.82, 2.24) is 6.15 Å². The molecule has 0 bridgehead atoms. The van der Waals surface area contributed by atoms with Crippen LogP contribution in [0.1, 0.15) is 0 Å². The lowest BCUT2D eigenvalue weighted by molar-refractivity contribution is 0.475. The third kappa shape index (κ3) is 1.91. The van der Waals surface area contributed by atoms with Gasteiger partial charge in [-0.25, -0.2) is 0 Å². The molecule has 1 aromatic carbocycles. The number of rotatable bonds is 0. The van der Waals surface area contributed by atoms with Gasteiger partial charge in [0.2, 0.25) is 0 Å². The van der Waals surface area contributed by atoms with Crippen molar-refractivity contribution in [3.05, 3.63) is 29.3 Å². The SMILES string of the molecule is N.Oc1ccccc1Cl. The molecule has 0 amide bonds. The fourth-order valence-electron chi connectivity index (χ4n) is 0.452. The van der Waals surface area contributed by atoms with E-state index in [2.05, 4.69) is 0 Å². The Morgan fingerprint density at radius 1 is 1.22 bits per heavy atom. The fraction of sp³-hybridized carbons (Fsp3) is 0. The highest BCUT2D eigenvalue weighted by Crippen LogP contribution is 2.20. The second kappa shape index (κ2) is 3.33. The first-order valence-corrected chi connectivity index (χ1v) is 2.62. The second-order valence-electron chi connectivity index (χ2n) is 1.45. The van der Waals surface area contributed by atoms with E-state index in [0.29, 0.717) is 5.02 Å². The average Bonchev–Trinajstić information content (AvgIpc) is 1.77. The average molecular weight is 146 g/mol. The molecule has 0 aliphatic rings. The normalized spacial score (nSPS) is 8.11. The van der Waals surface area contributed by atoms with Crippen molar-refractivity contribution in [1.29, 1.82) is 0 Å². The zero-order chi connectivity index (χ0) is 5.98. The molecule has 4 N–H and O–H groups in total. The molecule has 0 aromatic heterocycles. The molecule has 3 heteroatoms. The second-order valence-corrected chi connectivity index (χ2v) is 1.86. The van der Waals surface area contributed by atoms with Gasteiger partial charge in [0.05, 0.1) is 5.02 Å². The van der Waals surface area contributed by atoms with Gasteiger partial charge < -0.3 is 11.3 Å². The van der Waals surface area contributed by atoms with Crippen LogP contribution in [0.4, 0.5) is 0 Å². The van der Waals surface area contributed by atoms with E-state index in [1.165, 1.54) is 0 Å². The zero-order valence-electron chi connectivity index (χ0n) is 4.84. The first-order valence-electron chi connectivity index (χ1n) is 2.24. The number of benzene rings is 1. The molecule has 0 saturated carbocycles. The monoisotopic (exact) mass is 145 g/mol. The van der Waals surface area contributed by atoms with E-state index in [4.69, 9.17) is 16.7 Å². The van der Waals surface area contributed by atoms with E-state index in [1.54, 1.807) is 24.3 Å². The molecule has 1 aromatic rings. The summed E-state index contributed by atoms with van der Waals surface area (Å²) in [6, 6.07) is 6.67. The quantitative estimate of drug-likeness (QED) is 0.588. The Morgan fingerprint density at radius 3 is 2.11 bits per heavy atom. The van der Waals surface area contributed by atoms with E-state index < -0.39 is 0 Å². The number of hydrogen-bond acceptors (Lipinski definition) is 2. The van der Waals surface area contributed by atoms with Crippen LogP contribution < -0.4 is 6.15 Å². The van der Waals surface area contributed by atoms with Crippen LogP contribution in [0.25, 0.3) is 0 Å². The van der Waals surface area contributed by atoms with Crippen molar-refractivity contribution >= 4 is 11.6 Å². The van der Waals surface area contributed by atoms with Gasteiger partial charge >= 0.3 is 0 Å². The predicted molar refractivity (Wildman–Crippen MR) is 38.1 cm³/mol. The van der Waals surface area contributed by atoms with Crippen LogP contribution >= 0.6 is 11.6 Å². The van der Waals surface area contributed by atoms with Gasteiger partial charge in [-0.3, -0.25) is 0 Å². The Kier molecular flexibility index (Phi) is 3.06. The van der Waals surface area contributed by atoms with E-state index in [9.17, 15) is 0 Å². The summed E-state index contributed by atoms with van der Waals surface area (Å²) in [5, 5.41) is 9.18. The smallest absolute Gasteiger partial charge is 0.134 e. The molecule has 2 nitrogen and oxygen atoms in total. The summed E-state index contributed by atoms with van der Waals surface area (Å²) in [7, 11) is 0. The lowest BCUT2D eigenvalue weighted by atomic mass is 10.3. The number of phenolic OH excluding ortho intramolecular Hbond substituents is 1. The summed E-state index contributed by atoms with van der Waals surface area (Å²) in [5.74, 6) is 0.133. The van der Waals surface area contributed by atoms with E-state index in [0.717, 1.165) is 0 Å². The Morgan fingerprint density at radius 2 is 1.78 bits per heavy atom. The van der Waals surface area contributed by atoms with Gasteiger partial charge in [0, 0.05) is 0 Å². The van der Waals surface area contributed by atoms with Crippen molar-refractivity contribution in [2.45, 2.75) is 0 Å². The number of hydrogen-bond donors (Lipinski definition) is 2. The zero-order valence-corrected chi connectivity index (χ0v) is 5.60. The fourth-order valence-corrected chi connectivity index (χ4v) is 0.587. The van der Waals surface area contributed by atoms with Gasteiger partial charge in [-0.05, 0) is 12.1 Å². The van der Waals surface area contributed by atoms with Crippen molar-refractivity contribution in [2.24, 2.45) is 0 Å². The van der Waals surface area contributed by atoms with E-state index in [-0.39, 0.29) is 11.9 Å². The summed E-state index contributed by atoms with van der Waals surface area (Å²) < 4.78 is 0. The minimum absolute atomic E-state index is 0. The molecule has 0 unspecified atom stereocenters. The molecule has 0 aliphatic heterocycles. The van der Waals surface area contributed by atoms with Crippen molar-refractivity contribution in [3.8, 4) is 5.75 Å². The largest absolute Gasteiger partial charge is 0.506 e. The summed E-state index contributed by atoms with van der Waals surface area (Å²) in [6.45, 7) is 0. The highest BCUT2D eigenvalue weighted by Gasteiger charge is 1.89. The Labute approximate surface area is 58.7 Å². The topological polar surface area (TPSA) is 55.2 Å². The highest BCUT2D eigenvalue weighted by atomic mass is 35.5. The third-order valence-electron chi connectivity index (χ3n) is 0.852. The van der Waals surface area contributed by atoms with Gasteiger partial charge in [0.15, 0.2) is 0 Å². The Hall–Kier alpha value is -0.730. The molecule has 1 rings (SSSR count). The van der Waals surface area contributed by atoms with Crippen LogP contribution in [0, 0.1) is 0 Å². The maximum atomic E-state index is 8.79. The van der Waals surface area contributed by atoms with Crippen LogP contribution in [-0.4, -0.2) is 5.11 Å². The van der Waals surface area contributed by atoms with Crippen molar-refractivity contribution in [3.63, 3.8) is 0 Å². The van der Waals surface area contributed by atoms with Crippen molar-refractivity contribution < 1.29 is 5.11 Å². The van der Waals surface area contributed by atoms with Crippen LogP contribution in [0.5, 0.6) is 5.75 Å². The van der Waals surface area contributed by atoms with Gasteiger partial charge in [0.25, 0.3) is 0 Å². The van der Waals surface area contributed by atoms with Crippen LogP contribution in [0.3, 0.4) is 0 Å². The molecular formula is C6H8ClNO. The molecule has 0 heterocycles. The maximum absolute atomic E-state index is 8.79. The molecule has 0 saturated heterocycles. The molecule has 9 heavy (non-hydrogen) atoms. The number of para-hydroxylation sites is 1. The van der Waals surface area contributed by atoms with Crippen molar-refractivity contribution in [2.75, 3.05) is 0 Å². The first kappa shape index (κ1) is 8.27. The molecule has 0 spiro atoms. The van der Waals surface area contributed by atoms with Gasteiger partial charge in [-0.1, -0.05) is 23.7 Å². The number of halogens is 1. The molecular weight excluding hydrogens is 138 g/mol. The molecule has 0 radical (unpaired) electrons. The third-order valence-corrected chi connectivity index (χ3v) is 1.17. The molecule has 0 atom stereocenters. The Bertz CT molecular complexity index is 169. The molecule has 0 fully saturated rings. The molecule has 50 valence electrons. The first-order chi connectivity index (χ1) is 3.80. The summed E-state index contributed by atoms with van der Waals surface area (Å²) in [4.78, 5) is 0. The number of aromatic hydroxyl groups is 1. The van der Waals surface area contributed by atoms with Crippen LogP contribution in [0.15, 0.2) is 24.3 Å². The van der Waals surface area contributed by atoms with Crippen LogP contribution in [0.2, 0.25) is 5.02 Å². The lowest BCUT2D eigenvalue weighted by Gasteiger charge is -1.89. The molecule has 0 aliphatic carbocycles. The van der Waals surface area contributed by atoms with Crippen LogP contribution in [-0.2, 0) is 0 Å². The lowest BCUT2D eigenvalue weighted by Crippen LogP contribution is -1.62. The Balaban J connectivity index is 0.000000640. The van der Waals surface area contributed by atoms with Gasteiger partial charge in [0.1, 0.15) is 5.75 Å². The summed E-state index contributed by atoms with van der Waals surface area (Å²) in [5.41, 5.74) is 0. The summed E-state index contributed by atoms with van der Waals surface area (Å²) >= 11 is 5.46.